The van der Waals surface area contributed by atoms with Gasteiger partial charge < -0.3 is 11.1 Å². The number of carbonyl (C=O) groups excluding carboxylic acids is 1. The zero-order valence-corrected chi connectivity index (χ0v) is 12.1. The van der Waals surface area contributed by atoms with Crippen LogP contribution in [0.1, 0.15) is 12.5 Å². The van der Waals surface area contributed by atoms with Crippen LogP contribution in [0.4, 0.5) is 19.0 Å². The fourth-order valence-electron chi connectivity index (χ4n) is 1.99. The van der Waals surface area contributed by atoms with E-state index in [9.17, 15) is 18.0 Å². The number of amides is 1. The minimum atomic E-state index is -4.66. The highest BCUT2D eigenvalue weighted by atomic mass is 35.5. The number of allylic oxidation sites excluding steroid dienone is 2. The lowest BCUT2D eigenvalue weighted by atomic mass is 9.78. The monoisotopic (exact) mass is 332 g/mol. The fourth-order valence-corrected chi connectivity index (χ4v) is 2.13. The highest BCUT2D eigenvalue weighted by Gasteiger charge is 2.40. The van der Waals surface area contributed by atoms with Gasteiger partial charge in [-0.2, -0.15) is 13.2 Å². The number of nitrogens with two attached hydrogens (primary N) is 1. The Hall–Kier alpha value is -2.09. The maximum Gasteiger partial charge on any atom is 0.421 e. The second-order valence-electron chi connectivity index (χ2n) is 4.91. The molecule has 1 heterocycles. The third-order valence-corrected chi connectivity index (χ3v) is 3.57. The summed E-state index contributed by atoms with van der Waals surface area (Å²) < 4.78 is 39.0. The third-order valence-electron chi connectivity index (χ3n) is 3.39. The van der Waals surface area contributed by atoms with Gasteiger partial charge in [0, 0.05) is 6.20 Å². The van der Waals surface area contributed by atoms with Crippen LogP contribution in [0.3, 0.4) is 0 Å². The zero-order valence-electron chi connectivity index (χ0n) is 11.4. The minimum absolute atomic E-state index is 0.341. The fraction of sp³-hybridized carbons (Fsp3) is 0.308. The highest BCUT2D eigenvalue weighted by molar-refractivity contribution is 6.28. The Labute approximate surface area is 129 Å². The average molecular weight is 333 g/mol. The molecule has 0 radical (unpaired) electrons. The van der Waals surface area contributed by atoms with E-state index in [1.165, 1.54) is 19.1 Å². The van der Waals surface area contributed by atoms with E-state index in [1.54, 1.807) is 12.2 Å². The Morgan fingerprint density at radius 3 is 2.73 bits per heavy atom. The van der Waals surface area contributed by atoms with Gasteiger partial charge in [0.05, 0.1) is 11.5 Å². The predicted molar refractivity (Wildman–Crippen MR) is 75.0 cm³/mol. The van der Waals surface area contributed by atoms with E-state index in [-0.39, 0.29) is 5.28 Å². The molecule has 0 aliphatic heterocycles. The molecule has 0 spiro atoms. The van der Waals surface area contributed by atoms with Crippen molar-refractivity contribution < 1.29 is 18.0 Å². The summed E-state index contributed by atoms with van der Waals surface area (Å²) in [6, 6.07) is -0.804. The minimum Gasteiger partial charge on any atom is -0.369 e. The number of hydrogen-bond acceptors (Lipinski definition) is 4. The summed E-state index contributed by atoms with van der Waals surface area (Å²) in [5, 5.41) is 2.23. The van der Waals surface area contributed by atoms with E-state index in [1.807, 2.05) is 0 Å². The number of nitrogens with one attached hydrogen (secondary N) is 1. The van der Waals surface area contributed by atoms with Crippen molar-refractivity contribution in [2.45, 2.75) is 19.1 Å². The molecule has 0 aromatic carbocycles. The van der Waals surface area contributed by atoms with Crippen LogP contribution in [-0.2, 0) is 11.0 Å². The van der Waals surface area contributed by atoms with E-state index in [0.29, 0.717) is 6.20 Å². The van der Waals surface area contributed by atoms with Crippen LogP contribution in [0.2, 0.25) is 5.28 Å². The van der Waals surface area contributed by atoms with Crippen molar-refractivity contribution in [3.8, 4) is 0 Å². The maximum absolute atomic E-state index is 13.0. The number of primary amides is 1. The van der Waals surface area contributed by atoms with Crippen molar-refractivity contribution in [1.29, 1.82) is 0 Å². The first kappa shape index (κ1) is 16.3. The summed E-state index contributed by atoms with van der Waals surface area (Å²) in [6.45, 7) is 1.52. The number of rotatable bonds is 3. The first-order valence-electron chi connectivity index (χ1n) is 6.17. The molecule has 2 unspecified atom stereocenters. The molecule has 0 bridgehead atoms. The molecule has 5 nitrogen and oxygen atoms in total. The van der Waals surface area contributed by atoms with E-state index in [2.05, 4.69) is 15.3 Å². The predicted octanol–water partition coefficient (Wildman–Crippen LogP) is 2.55. The van der Waals surface area contributed by atoms with Crippen molar-refractivity contribution in [2.75, 3.05) is 5.32 Å². The molecule has 1 aromatic heterocycles. The van der Waals surface area contributed by atoms with E-state index in [4.69, 9.17) is 17.3 Å². The summed E-state index contributed by atoms with van der Waals surface area (Å²) in [7, 11) is 0. The SMILES string of the molecule is CC1(C(N)=O)C=CC=CC1Nc1nc(Cl)ncc1C(F)(F)F. The number of nitrogens with zero attached hydrogens (tertiary/aromatic N) is 2. The van der Waals surface area contributed by atoms with E-state index < -0.39 is 34.9 Å². The van der Waals surface area contributed by atoms with Crippen LogP contribution in [0.5, 0.6) is 0 Å². The van der Waals surface area contributed by atoms with Gasteiger partial charge >= 0.3 is 6.18 Å². The molecular formula is C13H12ClF3N4O. The van der Waals surface area contributed by atoms with Crippen LogP contribution in [-0.4, -0.2) is 21.9 Å². The molecule has 22 heavy (non-hydrogen) atoms. The van der Waals surface area contributed by atoms with Crippen molar-refractivity contribution in [3.63, 3.8) is 0 Å². The summed E-state index contributed by atoms with van der Waals surface area (Å²) in [5.74, 6) is -1.19. The van der Waals surface area contributed by atoms with Crippen LogP contribution in [0, 0.1) is 5.41 Å². The van der Waals surface area contributed by atoms with Gasteiger partial charge in [-0.1, -0.05) is 24.3 Å². The zero-order chi connectivity index (χ0) is 16.5. The maximum atomic E-state index is 13.0. The van der Waals surface area contributed by atoms with Gasteiger partial charge in [0.15, 0.2) is 0 Å². The number of anilines is 1. The molecule has 2 atom stereocenters. The number of alkyl halides is 3. The molecule has 118 valence electrons. The van der Waals surface area contributed by atoms with Crippen molar-refractivity contribution >= 4 is 23.3 Å². The van der Waals surface area contributed by atoms with Gasteiger partial charge in [-0.15, -0.1) is 0 Å². The number of aromatic nitrogens is 2. The summed E-state index contributed by atoms with van der Waals surface area (Å²) >= 11 is 5.57. The topological polar surface area (TPSA) is 80.9 Å². The van der Waals surface area contributed by atoms with Crippen LogP contribution in [0.15, 0.2) is 30.5 Å². The van der Waals surface area contributed by atoms with Crippen LogP contribution in [0.25, 0.3) is 0 Å². The lowest BCUT2D eigenvalue weighted by Gasteiger charge is -2.33. The second kappa shape index (κ2) is 5.60. The van der Waals surface area contributed by atoms with Gasteiger partial charge in [0.2, 0.25) is 11.2 Å². The molecule has 9 heteroatoms. The van der Waals surface area contributed by atoms with Crippen molar-refractivity contribution in [1.82, 2.24) is 9.97 Å². The molecule has 1 aromatic rings. The number of halogens is 4. The third kappa shape index (κ3) is 3.06. The lowest BCUT2D eigenvalue weighted by Crippen LogP contribution is -2.46. The highest BCUT2D eigenvalue weighted by Crippen LogP contribution is 2.36. The largest absolute Gasteiger partial charge is 0.421 e. The molecule has 1 aliphatic carbocycles. The molecule has 1 aliphatic rings. The molecule has 0 saturated carbocycles. The van der Waals surface area contributed by atoms with E-state index >= 15 is 0 Å². The number of hydrogen-bond donors (Lipinski definition) is 2. The Bertz CT molecular complexity index is 659. The Morgan fingerprint density at radius 1 is 1.45 bits per heavy atom. The van der Waals surface area contributed by atoms with Crippen LogP contribution < -0.4 is 11.1 Å². The Balaban J connectivity index is 2.42. The smallest absolute Gasteiger partial charge is 0.369 e. The Kier molecular flexibility index (Phi) is 4.15. The normalized spacial score (nSPS) is 24.3. The van der Waals surface area contributed by atoms with Crippen molar-refractivity contribution in [2.24, 2.45) is 11.1 Å². The first-order chi connectivity index (χ1) is 10.1. The molecule has 0 saturated heterocycles. The molecular weight excluding hydrogens is 321 g/mol. The van der Waals surface area contributed by atoms with Gasteiger partial charge in [0.25, 0.3) is 0 Å². The van der Waals surface area contributed by atoms with Gasteiger partial charge in [-0.25, -0.2) is 9.97 Å². The summed E-state index contributed by atoms with van der Waals surface area (Å²) in [4.78, 5) is 18.6. The average Bonchev–Trinajstić information content (AvgIpc) is 2.40. The van der Waals surface area contributed by atoms with Gasteiger partial charge in [-0.05, 0) is 18.5 Å². The molecule has 0 fully saturated rings. The number of carbonyl (C=O) groups is 1. The summed E-state index contributed by atoms with van der Waals surface area (Å²) in [5.41, 5.74) is 3.08. The van der Waals surface area contributed by atoms with Gasteiger partial charge in [-0.3, -0.25) is 4.79 Å². The summed E-state index contributed by atoms with van der Waals surface area (Å²) in [6.07, 6.45) is 2.16. The van der Waals surface area contributed by atoms with E-state index in [0.717, 1.165) is 0 Å². The molecule has 1 amide bonds. The van der Waals surface area contributed by atoms with Gasteiger partial charge in [0.1, 0.15) is 11.4 Å². The second-order valence-corrected chi connectivity index (χ2v) is 5.25. The molecule has 3 N–H and O–H groups in total. The molecule has 2 rings (SSSR count). The van der Waals surface area contributed by atoms with Crippen LogP contribution >= 0.6 is 11.6 Å². The Morgan fingerprint density at radius 2 is 2.14 bits per heavy atom. The standard InChI is InChI=1S/C13H12ClF3N4O/c1-12(10(18)22)5-3-2-4-8(12)20-9-7(13(15,16)17)6-19-11(14)21-9/h2-6,8H,1H3,(H2,18,22)(H,19,20,21). The van der Waals surface area contributed by atoms with Crippen molar-refractivity contribution in [3.05, 3.63) is 41.3 Å². The lowest BCUT2D eigenvalue weighted by molar-refractivity contribution is -0.137. The first-order valence-corrected chi connectivity index (χ1v) is 6.54. The quantitative estimate of drug-likeness (QED) is 0.833.